The minimum Gasteiger partial charge on any atom is -0.356 e. The number of fused-ring (bicyclic) bond motifs is 2. The molecule has 0 bridgehead atoms. The van der Waals surface area contributed by atoms with Gasteiger partial charge in [-0.1, -0.05) is 43.0 Å². The first-order chi connectivity index (χ1) is 16.7. The van der Waals surface area contributed by atoms with E-state index in [2.05, 4.69) is 22.2 Å². The molecule has 2 saturated carbocycles. The third-order valence-electron chi connectivity index (χ3n) is 9.29. The SMILES string of the molecule is O=C1C2CCCCC2C(=O)N1CC1CCCCC1CN1CCC(c2noc3ccccc23)CC1. The zero-order valence-corrected chi connectivity index (χ0v) is 20.2. The lowest BCUT2D eigenvalue weighted by molar-refractivity contribution is -0.141. The van der Waals surface area contributed by atoms with Crippen molar-refractivity contribution >= 4 is 22.8 Å². The molecule has 6 heteroatoms. The second-order valence-corrected chi connectivity index (χ2v) is 11.2. The molecule has 4 aliphatic rings. The van der Waals surface area contributed by atoms with Crippen molar-refractivity contribution in [3.8, 4) is 0 Å². The minimum absolute atomic E-state index is 0.0186. The molecule has 4 fully saturated rings. The molecular formula is C28H37N3O3. The summed E-state index contributed by atoms with van der Waals surface area (Å²) in [6, 6.07) is 8.18. The summed E-state index contributed by atoms with van der Waals surface area (Å²) in [6.45, 7) is 3.93. The van der Waals surface area contributed by atoms with Gasteiger partial charge in [-0.05, 0) is 75.6 Å². The first kappa shape index (κ1) is 22.3. The molecule has 4 unspecified atom stereocenters. The molecule has 1 aromatic carbocycles. The van der Waals surface area contributed by atoms with E-state index < -0.39 is 0 Å². The molecule has 2 aliphatic heterocycles. The highest BCUT2D eigenvalue weighted by atomic mass is 16.5. The lowest BCUT2D eigenvalue weighted by atomic mass is 9.78. The number of nitrogens with zero attached hydrogens (tertiary/aromatic N) is 3. The highest BCUT2D eigenvalue weighted by molar-refractivity contribution is 6.05. The van der Waals surface area contributed by atoms with E-state index in [0.29, 0.717) is 24.3 Å². The molecule has 2 saturated heterocycles. The van der Waals surface area contributed by atoms with Crippen LogP contribution in [-0.4, -0.2) is 52.9 Å². The van der Waals surface area contributed by atoms with Crippen LogP contribution >= 0.6 is 0 Å². The molecule has 2 aromatic rings. The van der Waals surface area contributed by atoms with Crippen molar-refractivity contribution in [2.75, 3.05) is 26.2 Å². The van der Waals surface area contributed by atoms with E-state index in [4.69, 9.17) is 4.52 Å². The van der Waals surface area contributed by atoms with Crippen LogP contribution in [-0.2, 0) is 9.59 Å². The third-order valence-corrected chi connectivity index (χ3v) is 9.29. The second kappa shape index (κ2) is 9.44. The molecule has 34 heavy (non-hydrogen) atoms. The molecule has 2 amide bonds. The summed E-state index contributed by atoms with van der Waals surface area (Å²) in [5, 5.41) is 5.57. The number of imide groups is 1. The summed E-state index contributed by atoms with van der Waals surface area (Å²) in [7, 11) is 0. The number of carbonyl (C=O) groups excluding carboxylic acids is 2. The number of hydrogen-bond acceptors (Lipinski definition) is 5. The molecule has 3 heterocycles. The Kier molecular flexibility index (Phi) is 6.18. The molecule has 0 N–H and O–H groups in total. The second-order valence-electron chi connectivity index (χ2n) is 11.2. The van der Waals surface area contributed by atoms with Crippen LogP contribution in [0.15, 0.2) is 28.8 Å². The van der Waals surface area contributed by atoms with Crippen molar-refractivity contribution in [1.82, 2.24) is 15.0 Å². The average Bonchev–Trinajstić information content (AvgIpc) is 3.41. The molecule has 4 atom stereocenters. The zero-order valence-electron chi connectivity index (χ0n) is 20.2. The first-order valence-electron chi connectivity index (χ1n) is 13.6. The molecule has 1 aromatic heterocycles. The van der Waals surface area contributed by atoms with Gasteiger partial charge in [0.15, 0.2) is 5.58 Å². The Hall–Kier alpha value is -2.21. The van der Waals surface area contributed by atoms with Crippen LogP contribution in [0, 0.1) is 23.7 Å². The van der Waals surface area contributed by atoms with Gasteiger partial charge in [0.2, 0.25) is 11.8 Å². The summed E-state index contributed by atoms with van der Waals surface area (Å²) in [4.78, 5) is 30.4. The minimum atomic E-state index is -0.0186. The highest BCUT2D eigenvalue weighted by Gasteiger charge is 2.49. The fourth-order valence-corrected chi connectivity index (χ4v) is 7.33. The Morgan fingerprint density at radius 3 is 2.12 bits per heavy atom. The fraction of sp³-hybridized carbons (Fsp3) is 0.679. The van der Waals surface area contributed by atoms with Crippen molar-refractivity contribution in [2.45, 2.75) is 70.1 Å². The maximum Gasteiger partial charge on any atom is 0.233 e. The average molecular weight is 464 g/mol. The number of rotatable bonds is 5. The number of piperidine rings is 1. The molecule has 6 nitrogen and oxygen atoms in total. The third kappa shape index (κ3) is 4.08. The van der Waals surface area contributed by atoms with Crippen LogP contribution in [0.1, 0.15) is 75.8 Å². The van der Waals surface area contributed by atoms with Gasteiger partial charge < -0.3 is 9.42 Å². The quantitative estimate of drug-likeness (QED) is 0.585. The van der Waals surface area contributed by atoms with E-state index in [-0.39, 0.29) is 23.7 Å². The monoisotopic (exact) mass is 463 g/mol. The van der Waals surface area contributed by atoms with Gasteiger partial charge in [-0.3, -0.25) is 14.5 Å². The van der Waals surface area contributed by atoms with E-state index in [9.17, 15) is 9.59 Å². The topological polar surface area (TPSA) is 66.7 Å². The number of amides is 2. The molecule has 182 valence electrons. The van der Waals surface area contributed by atoms with Crippen molar-refractivity contribution < 1.29 is 14.1 Å². The Balaban J connectivity index is 1.07. The Morgan fingerprint density at radius 2 is 1.41 bits per heavy atom. The summed E-state index contributed by atoms with van der Waals surface area (Å²) in [5.74, 6) is 1.75. The van der Waals surface area contributed by atoms with Crippen LogP contribution in [0.2, 0.25) is 0 Å². The number of likely N-dealkylation sites (tertiary alicyclic amines) is 2. The number of aromatic nitrogens is 1. The van der Waals surface area contributed by atoms with E-state index in [1.54, 1.807) is 4.90 Å². The normalized spacial score (nSPS) is 31.4. The van der Waals surface area contributed by atoms with Gasteiger partial charge in [0.1, 0.15) is 0 Å². The van der Waals surface area contributed by atoms with Crippen LogP contribution in [0.4, 0.5) is 0 Å². The lowest BCUT2D eigenvalue weighted by Crippen LogP contribution is -2.43. The fourth-order valence-electron chi connectivity index (χ4n) is 7.33. The molecule has 0 spiro atoms. The Bertz CT molecular complexity index is 1020. The maximum absolute atomic E-state index is 13.0. The first-order valence-corrected chi connectivity index (χ1v) is 13.6. The maximum atomic E-state index is 13.0. The van der Waals surface area contributed by atoms with Gasteiger partial charge >= 0.3 is 0 Å². The van der Waals surface area contributed by atoms with E-state index in [1.807, 2.05) is 12.1 Å². The van der Waals surface area contributed by atoms with Crippen LogP contribution in [0.25, 0.3) is 11.0 Å². The highest BCUT2D eigenvalue weighted by Crippen LogP contribution is 2.40. The summed E-state index contributed by atoms with van der Waals surface area (Å²) in [6.07, 6.45) is 11.1. The Labute approximate surface area is 202 Å². The van der Waals surface area contributed by atoms with Crippen molar-refractivity contribution in [3.05, 3.63) is 30.0 Å². The molecule has 2 aliphatic carbocycles. The van der Waals surface area contributed by atoms with Crippen LogP contribution in [0.3, 0.4) is 0 Å². The summed E-state index contributed by atoms with van der Waals surface area (Å²) in [5.41, 5.74) is 2.01. The van der Waals surface area contributed by atoms with Crippen LogP contribution in [0.5, 0.6) is 0 Å². The van der Waals surface area contributed by atoms with Gasteiger partial charge in [-0.15, -0.1) is 0 Å². The van der Waals surface area contributed by atoms with E-state index >= 15 is 0 Å². The standard InChI is InChI=1S/C28H37N3O3/c32-27-22-9-3-4-10-23(22)28(33)31(27)18-21-8-2-1-7-20(21)17-30-15-13-19(14-16-30)26-24-11-5-6-12-25(24)34-29-26/h5-6,11-12,19-23H,1-4,7-10,13-18H2. The summed E-state index contributed by atoms with van der Waals surface area (Å²) < 4.78 is 5.56. The molecule has 0 radical (unpaired) electrons. The summed E-state index contributed by atoms with van der Waals surface area (Å²) >= 11 is 0. The molecule has 6 rings (SSSR count). The van der Waals surface area contributed by atoms with Crippen molar-refractivity contribution in [3.63, 3.8) is 0 Å². The number of carbonyl (C=O) groups is 2. The van der Waals surface area contributed by atoms with E-state index in [1.165, 1.54) is 19.3 Å². The lowest BCUT2D eigenvalue weighted by Gasteiger charge is -2.39. The van der Waals surface area contributed by atoms with Gasteiger partial charge in [0.05, 0.1) is 17.5 Å². The number of hydrogen-bond donors (Lipinski definition) is 0. The number of para-hydroxylation sites is 1. The Morgan fingerprint density at radius 1 is 0.794 bits per heavy atom. The van der Waals surface area contributed by atoms with E-state index in [0.717, 1.165) is 81.2 Å². The van der Waals surface area contributed by atoms with Crippen LogP contribution < -0.4 is 0 Å². The smallest absolute Gasteiger partial charge is 0.233 e. The van der Waals surface area contributed by atoms with Crippen molar-refractivity contribution in [2.24, 2.45) is 23.7 Å². The van der Waals surface area contributed by atoms with Gasteiger partial charge in [0, 0.05) is 24.4 Å². The zero-order chi connectivity index (χ0) is 23.1. The van der Waals surface area contributed by atoms with Gasteiger partial charge in [-0.2, -0.15) is 0 Å². The van der Waals surface area contributed by atoms with Gasteiger partial charge in [0.25, 0.3) is 0 Å². The molecular weight excluding hydrogens is 426 g/mol. The van der Waals surface area contributed by atoms with Crippen molar-refractivity contribution in [1.29, 1.82) is 0 Å². The largest absolute Gasteiger partial charge is 0.356 e. The predicted molar refractivity (Wildman–Crippen MR) is 130 cm³/mol. The predicted octanol–water partition coefficient (Wildman–Crippen LogP) is 4.99. The number of benzene rings is 1. The van der Waals surface area contributed by atoms with Gasteiger partial charge in [-0.25, -0.2) is 0 Å².